The van der Waals surface area contributed by atoms with Crippen molar-refractivity contribution >= 4 is 11.7 Å². The number of likely N-dealkylation sites (N-methyl/N-ethyl adjacent to an activating group) is 1. The van der Waals surface area contributed by atoms with Gasteiger partial charge in [-0.1, -0.05) is 12.1 Å². The Morgan fingerprint density at radius 3 is 2.78 bits per heavy atom. The monoisotopic (exact) mass is 370 g/mol. The Kier molecular flexibility index (Phi) is 5.98. The van der Waals surface area contributed by atoms with E-state index >= 15 is 0 Å². The number of Topliss-reactive ketones (excluding diaryl/α,β-unsaturated/α-hetero) is 1. The zero-order valence-corrected chi connectivity index (χ0v) is 15.5. The third-order valence-corrected chi connectivity index (χ3v) is 4.64. The molecule has 3 rings (SSSR count). The van der Waals surface area contributed by atoms with Gasteiger partial charge in [0.15, 0.2) is 5.78 Å². The van der Waals surface area contributed by atoms with Gasteiger partial charge in [-0.05, 0) is 49.9 Å². The number of hydrogen-bond acceptors (Lipinski definition) is 4. The first kappa shape index (κ1) is 19.2. The molecule has 1 saturated heterocycles. The topological polar surface area (TPSA) is 58.6 Å². The second kappa shape index (κ2) is 8.41. The number of rotatable bonds is 5. The van der Waals surface area contributed by atoms with Gasteiger partial charge in [-0.3, -0.25) is 9.59 Å². The molecule has 1 amide bonds. The van der Waals surface area contributed by atoms with Gasteiger partial charge in [-0.25, -0.2) is 4.39 Å². The molecule has 1 N–H and O–H groups in total. The molecule has 6 heteroatoms. The molecule has 0 spiro atoms. The van der Waals surface area contributed by atoms with Gasteiger partial charge in [0.25, 0.3) is 5.91 Å². The lowest BCUT2D eigenvalue weighted by atomic mass is 9.99. The van der Waals surface area contributed by atoms with Crippen LogP contribution in [0.5, 0.6) is 0 Å². The van der Waals surface area contributed by atoms with Gasteiger partial charge < -0.3 is 15.0 Å². The normalized spacial score (nSPS) is 17.5. The predicted molar refractivity (Wildman–Crippen MR) is 101 cm³/mol. The van der Waals surface area contributed by atoms with Crippen LogP contribution in [0.1, 0.15) is 27.6 Å². The van der Waals surface area contributed by atoms with Crippen molar-refractivity contribution in [3.8, 4) is 11.1 Å². The molecule has 2 aromatic carbocycles. The zero-order valence-electron chi connectivity index (χ0n) is 15.5. The Labute approximate surface area is 158 Å². The third kappa shape index (κ3) is 4.78. The van der Waals surface area contributed by atoms with Gasteiger partial charge in [-0.15, -0.1) is 0 Å². The SMILES string of the molecule is CC(=O)c1ccc(F)c(-c2cccc(C(=O)NC[C@@H]3CN(C)CCO3)c2)c1. The maximum atomic E-state index is 14.2. The van der Waals surface area contributed by atoms with Crippen LogP contribution in [0, 0.1) is 5.82 Å². The van der Waals surface area contributed by atoms with Crippen LogP contribution < -0.4 is 5.32 Å². The van der Waals surface area contributed by atoms with Crippen molar-refractivity contribution in [2.24, 2.45) is 0 Å². The molecular formula is C21H23FN2O3. The van der Waals surface area contributed by atoms with Crippen molar-refractivity contribution in [2.45, 2.75) is 13.0 Å². The number of amides is 1. The number of benzene rings is 2. The fourth-order valence-corrected chi connectivity index (χ4v) is 3.09. The lowest BCUT2D eigenvalue weighted by Gasteiger charge is -2.30. The Balaban J connectivity index is 1.74. The van der Waals surface area contributed by atoms with Crippen molar-refractivity contribution in [3.05, 3.63) is 59.4 Å². The summed E-state index contributed by atoms with van der Waals surface area (Å²) in [5.74, 6) is -0.810. The van der Waals surface area contributed by atoms with Crippen molar-refractivity contribution in [1.82, 2.24) is 10.2 Å². The minimum atomic E-state index is -0.434. The van der Waals surface area contributed by atoms with Crippen LogP contribution in [0.4, 0.5) is 4.39 Å². The summed E-state index contributed by atoms with van der Waals surface area (Å²) in [7, 11) is 2.02. The van der Waals surface area contributed by atoms with E-state index in [-0.39, 0.29) is 17.8 Å². The highest BCUT2D eigenvalue weighted by atomic mass is 19.1. The van der Waals surface area contributed by atoms with Crippen LogP contribution in [-0.2, 0) is 4.74 Å². The summed E-state index contributed by atoms with van der Waals surface area (Å²) in [4.78, 5) is 26.2. The van der Waals surface area contributed by atoms with E-state index in [4.69, 9.17) is 4.74 Å². The molecule has 2 aromatic rings. The highest BCUT2D eigenvalue weighted by molar-refractivity contribution is 5.97. The number of nitrogens with one attached hydrogen (secondary N) is 1. The standard InChI is InChI=1S/C21H23FN2O3/c1-14(25)15-6-7-20(22)19(11-15)16-4-3-5-17(10-16)21(26)23-12-18-13-24(2)8-9-27-18/h3-7,10-11,18H,8-9,12-13H2,1-2H3,(H,23,26)/t18-/m1/s1. The summed E-state index contributed by atoms with van der Waals surface area (Å²) < 4.78 is 19.9. The van der Waals surface area contributed by atoms with E-state index in [2.05, 4.69) is 10.2 Å². The van der Waals surface area contributed by atoms with Gasteiger partial charge in [0, 0.05) is 36.3 Å². The zero-order chi connectivity index (χ0) is 19.4. The summed E-state index contributed by atoms with van der Waals surface area (Å²) >= 11 is 0. The molecule has 1 fully saturated rings. The molecule has 0 radical (unpaired) electrons. The third-order valence-electron chi connectivity index (χ3n) is 4.64. The second-order valence-electron chi connectivity index (χ2n) is 6.80. The second-order valence-corrected chi connectivity index (χ2v) is 6.80. The van der Waals surface area contributed by atoms with Crippen LogP contribution in [0.25, 0.3) is 11.1 Å². The average Bonchev–Trinajstić information content (AvgIpc) is 2.66. The van der Waals surface area contributed by atoms with E-state index in [1.165, 1.54) is 25.1 Å². The van der Waals surface area contributed by atoms with E-state index in [0.29, 0.717) is 35.4 Å². The van der Waals surface area contributed by atoms with E-state index in [1.807, 2.05) is 7.05 Å². The van der Waals surface area contributed by atoms with Crippen LogP contribution in [0.15, 0.2) is 42.5 Å². The molecule has 1 atom stereocenters. The summed E-state index contributed by atoms with van der Waals surface area (Å²) in [5.41, 5.74) is 1.72. The number of hydrogen-bond donors (Lipinski definition) is 1. The van der Waals surface area contributed by atoms with Crippen LogP contribution in [0.3, 0.4) is 0 Å². The molecule has 1 heterocycles. The van der Waals surface area contributed by atoms with Crippen molar-refractivity contribution < 1.29 is 18.7 Å². The van der Waals surface area contributed by atoms with Crippen LogP contribution in [-0.4, -0.2) is 56.0 Å². The summed E-state index contributed by atoms with van der Waals surface area (Å²) in [6, 6.07) is 11.0. The largest absolute Gasteiger partial charge is 0.374 e. The maximum absolute atomic E-state index is 14.2. The van der Waals surface area contributed by atoms with Gasteiger partial charge in [-0.2, -0.15) is 0 Å². The summed E-state index contributed by atoms with van der Waals surface area (Å²) in [5, 5.41) is 2.87. The van der Waals surface area contributed by atoms with Crippen LogP contribution >= 0.6 is 0 Å². The van der Waals surface area contributed by atoms with Gasteiger partial charge in [0.2, 0.25) is 0 Å². The molecule has 1 aliphatic rings. The lowest BCUT2D eigenvalue weighted by Crippen LogP contribution is -2.45. The molecule has 5 nitrogen and oxygen atoms in total. The van der Waals surface area contributed by atoms with E-state index < -0.39 is 5.82 Å². The van der Waals surface area contributed by atoms with Crippen molar-refractivity contribution in [1.29, 1.82) is 0 Å². The molecule has 0 unspecified atom stereocenters. The molecule has 0 saturated carbocycles. The van der Waals surface area contributed by atoms with Gasteiger partial charge in [0.1, 0.15) is 5.82 Å². The Hall–Kier alpha value is -2.57. The first-order valence-corrected chi connectivity index (χ1v) is 8.93. The van der Waals surface area contributed by atoms with E-state index in [0.717, 1.165) is 13.1 Å². The fourth-order valence-electron chi connectivity index (χ4n) is 3.09. The van der Waals surface area contributed by atoms with Gasteiger partial charge in [0.05, 0.1) is 12.7 Å². The highest BCUT2D eigenvalue weighted by Gasteiger charge is 2.19. The fraction of sp³-hybridized carbons (Fsp3) is 0.333. The molecule has 1 aliphatic heterocycles. The van der Waals surface area contributed by atoms with Crippen LogP contribution in [0.2, 0.25) is 0 Å². The number of carbonyl (C=O) groups excluding carboxylic acids is 2. The van der Waals surface area contributed by atoms with Gasteiger partial charge >= 0.3 is 0 Å². The smallest absolute Gasteiger partial charge is 0.251 e. The number of morpholine rings is 1. The minimum Gasteiger partial charge on any atom is -0.374 e. The lowest BCUT2D eigenvalue weighted by molar-refractivity contribution is -0.0175. The average molecular weight is 370 g/mol. The number of ketones is 1. The number of carbonyl (C=O) groups is 2. The predicted octanol–water partition coefficient (Wildman–Crippen LogP) is 2.76. The first-order chi connectivity index (χ1) is 12.9. The molecule has 27 heavy (non-hydrogen) atoms. The van der Waals surface area contributed by atoms with E-state index in [1.54, 1.807) is 24.3 Å². The molecule has 0 aliphatic carbocycles. The Morgan fingerprint density at radius 1 is 1.22 bits per heavy atom. The molecular weight excluding hydrogens is 347 g/mol. The summed E-state index contributed by atoms with van der Waals surface area (Å²) in [6.07, 6.45) is -0.0411. The minimum absolute atomic E-state index is 0.0411. The molecule has 0 bridgehead atoms. The maximum Gasteiger partial charge on any atom is 0.251 e. The number of halogens is 1. The molecule has 142 valence electrons. The molecule has 0 aromatic heterocycles. The quantitative estimate of drug-likeness (QED) is 0.823. The number of nitrogens with zero attached hydrogens (tertiary/aromatic N) is 1. The van der Waals surface area contributed by atoms with Crippen molar-refractivity contribution in [2.75, 3.05) is 33.3 Å². The summed E-state index contributed by atoms with van der Waals surface area (Å²) in [6.45, 7) is 4.16. The Morgan fingerprint density at radius 2 is 2.04 bits per heavy atom. The first-order valence-electron chi connectivity index (χ1n) is 8.93. The highest BCUT2D eigenvalue weighted by Crippen LogP contribution is 2.25. The van der Waals surface area contributed by atoms with E-state index in [9.17, 15) is 14.0 Å². The number of ether oxygens (including phenoxy) is 1. The van der Waals surface area contributed by atoms with Crippen molar-refractivity contribution in [3.63, 3.8) is 0 Å². The Bertz CT molecular complexity index is 853.